The number of hydrogen-bond acceptors (Lipinski definition) is 5. The maximum absolute atomic E-state index is 13.2. The van der Waals surface area contributed by atoms with Crippen LogP contribution >= 0.6 is 0 Å². The Kier molecular flexibility index (Phi) is 6.34. The maximum atomic E-state index is 13.2. The highest BCUT2D eigenvalue weighted by molar-refractivity contribution is 6.07. The van der Waals surface area contributed by atoms with E-state index < -0.39 is 5.91 Å². The molecular formula is C20H30N4O3. The van der Waals surface area contributed by atoms with Crippen LogP contribution in [-0.2, 0) is 4.74 Å². The van der Waals surface area contributed by atoms with Crippen molar-refractivity contribution in [2.45, 2.75) is 38.8 Å². The Morgan fingerprint density at radius 3 is 2.33 bits per heavy atom. The molecule has 3 rings (SSSR count). The molecule has 0 unspecified atom stereocenters. The molecule has 2 fully saturated rings. The molecule has 0 saturated carbocycles. The molecular weight excluding hydrogens is 344 g/mol. The summed E-state index contributed by atoms with van der Waals surface area (Å²) in [4.78, 5) is 29.4. The fraction of sp³-hybridized carbons (Fsp3) is 0.600. The van der Waals surface area contributed by atoms with Crippen LogP contribution in [0.25, 0.3) is 0 Å². The largest absolute Gasteiger partial charge is 0.381 e. The predicted octanol–water partition coefficient (Wildman–Crippen LogP) is 1.54. The zero-order chi connectivity index (χ0) is 19.4. The number of nitrogens with one attached hydrogen (secondary N) is 1. The Morgan fingerprint density at radius 2 is 1.74 bits per heavy atom. The number of anilines is 1. The first-order valence-electron chi connectivity index (χ1n) is 9.77. The molecule has 2 amide bonds. The van der Waals surface area contributed by atoms with Crippen molar-refractivity contribution >= 4 is 17.5 Å². The average Bonchev–Trinajstić information content (AvgIpc) is 2.68. The van der Waals surface area contributed by atoms with Gasteiger partial charge in [0.15, 0.2) is 0 Å². The van der Waals surface area contributed by atoms with Crippen molar-refractivity contribution in [1.82, 2.24) is 9.80 Å². The number of benzene rings is 1. The lowest BCUT2D eigenvalue weighted by molar-refractivity contribution is 0.0596. The third-order valence-corrected chi connectivity index (χ3v) is 5.46. The van der Waals surface area contributed by atoms with E-state index in [2.05, 4.69) is 24.1 Å². The molecule has 1 aromatic carbocycles. The van der Waals surface area contributed by atoms with Gasteiger partial charge in [0.1, 0.15) is 0 Å². The van der Waals surface area contributed by atoms with Crippen LogP contribution in [0.2, 0.25) is 0 Å². The zero-order valence-electron chi connectivity index (χ0n) is 16.2. The molecule has 0 atom stereocenters. The number of amides is 2. The summed E-state index contributed by atoms with van der Waals surface area (Å²) in [5.74, 6) is -0.570. The average molecular weight is 374 g/mol. The topological polar surface area (TPSA) is 87.9 Å². The summed E-state index contributed by atoms with van der Waals surface area (Å²) in [6.45, 7) is 8.80. The fourth-order valence-electron chi connectivity index (χ4n) is 3.75. The lowest BCUT2D eigenvalue weighted by Gasteiger charge is -2.37. The second kappa shape index (κ2) is 8.71. The van der Waals surface area contributed by atoms with E-state index in [9.17, 15) is 9.59 Å². The summed E-state index contributed by atoms with van der Waals surface area (Å²) in [6.07, 6.45) is 1.68. The number of carbonyl (C=O) groups excluding carboxylic acids is 2. The van der Waals surface area contributed by atoms with E-state index in [1.54, 1.807) is 18.2 Å². The van der Waals surface area contributed by atoms with Gasteiger partial charge in [0.2, 0.25) is 0 Å². The van der Waals surface area contributed by atoms with Crippen LogP contribution in [0.15, 0.2) is 18.2 Å². The second-order valence-corrected chi connectivity index (χ2v) is 7.55. The molecule has 2 heterocycles. The van der Waals surface area contributed by atoms with E-state index in [1.165, 1.54) is 0 Å². The van der Waals surface area contributed by atoms with Crippen molar-refractivity contribution in [1.29, 1.82) is 0 Å². The van der Waals surface area contributed by atoms with Gasteiger partial charge in [-0.2, -0.15) is 0 Å². The highest BCUT2D eigenvalue weighted by Gasteiger charge is 2.27. The van der Waals surface area contributed by atoms with Crippen molar-refractivity contribution < 1.29 is 14.3 Å². The van der Waals surface area contributed by atoms with Gasteiger partial charge in [0.25, 0.3) is 11.8 Å². The molecule has 27 heavy (non-hydrogen) atoms. The molecule has 0 aromatic heterocycles. The highest BCUT2D eigenvalue weighted by Crippen LogP contribution is 2.26. The molecule has 1 aromatic rings. The molecule has 0 bridgehead atoms. The second-order valence-electron chi connectivity index (χ2n) is 7.55. The van der Waals surface area contributed by atoms with Gasteiger partial charge in [-0.1, -0.05) is 6.07 Å². The Labute approximate surface area is 160 Å². The molecule has 0 aliphatic carbocycles. The molecule has 148 valence electrons. The summed E-state index contributed by atoms with van der Waals surface area (Å²) in [5.41, 5.74) is 7.04. The summed E-state index contributed by atoms with van der Waals surface area (Å²) >= 11 is 0. The van der Waals surface area contributed by atoms with Crippen molar-refractivity contribution in [3.8, 4) is 0 Å². The number of para-hydroxylation sites is 1. The van der Waals surface area contributed by atoms with E-state index in [0.29, 0.717) is 49.2 Å². The van der Waals surface area contributed by atoms with Crippen LogP contribution in [0.5, 0.6) is 0 Å². The Hall–Kier alpha value is -2.12. The number of ether oxygens (including phenoxy) is 1. The van der Waals surface area contributed by atoms with Crippen LogP contribution in [0.3, 0.4) is 0 Å². The minimum absolute atomic E-state index is 0.0453. The minimum atomic E-state index is -0.524. The van der Waals surface area contributed by atoms with Gasteiger partial charge >= 0.3 is 0 Å². The summed E-state index contributed by atoms with van der Waals surface area (Å²) < 4.78 is 5.41. The predicted molar refractivity (Wildman–Crippen MR) is 105 cm³/mol. The van der Waals surface area contributed by atoms with Gasteiger partial charge in [0.05, 0.1) is 16.8 Å². The monoisotopic (exact) mass is 374 g/mol. The summed E-state index contributed by atoms with van der Waals surface area (Å²) in [6, 6.07) is 5.84. The first-order chi connectivity index (χ1) is 13.0. The van der Waals surface area contributed by atoms with Crippen LogP contribution < -0.4 is 11.1 Å². The zero-order valence-corrected chi connectivity index (χ0v) is 16.2. The summed E-state index contributed by atoms with van der Waals surface area (Å²) in [5, 5.41) is 3.41. The first-order valence-corrected chi connectivity index (χ1v) is 9.77. The number of nitrogens with two attached hydrogens (primary N) is 1. The third kappa shape index (κ3) is 4.59. The van der Waals surface area contributed by atoms with Crippen LogP contribution in [0, 0.1) is 0 Å². The normalized spacial score (nSPS) is 19.3. The molecule has 2 saturated heterocycles. The lowest BCUT2D eigenvalue weighted by atomic mass is 10.0. The number of nitrogens with zero attached hydrogens (tertiary/aromatic N) is 2. The molecule has 7 heteroatoms. The molecule has 2 aliphatic rings. The van der Waals surface area contributed by atoms with Gasteiger partial charge in [-0.3, -0.25) is 14.5 Å². The quantitative estimate of drug-likeness (QED) is 0.816. The minimum Gasteiger partial charge on any atom is -0.381 e. The molecule has 0 spiro atoms. The van der Waals surface area contributed by atoms with E-state index in [4.69, 9.17) is 10.5 Å². The lowest BCUT2D eigenvalue weighted by Crippen LogP contribution is -2.50. The Bertz CT molecular complexity index is 678. The third-order valence-electron chi connectivity index (χ3n) is 5.46. The van der Waals surface area contributed by atoms with Gasteiger partial charge in [-0.05, 0) is 38.8 Å². The summed E-state index contributed by atoms with van der Waals surface area (Å²) in [7, 11) is 0. The van der Waals surface area contributed by atoms with Gasteiger partial charge in [-0.15, -0.1) is 0 Å². The first kappa shape index (κ1) is 19.6. The smallest absolute Gasteiger partial charge is 0.256 e. The van der Waals surface area contributed by atoms with Crippen LogP contribution in [0.4, 0.5) is 5.69 Å². The number of carbonyl (C=O) groups is 2. The van der Waals surface area contributed by atoms with Crippen molar-refractivity contribution in [3.63, 3.8) is 0 Å². The van der Waals surface area contributed by atoms with Crippen LogP contribution in [-0.4, -0.2) is 73.1 Å². The van der Waals surface area contributed by atoms with Crippen molar-refractivity contribution in [2.24, 2.45) is 5.73 Å². The number of primary amides is 1. The van der Waals surface area contributed by atoms with Gasteiger partial charge in [0, 0.05) is 51.5 Å². The molecule has 3 N–H and O–H groups in total. The molecule has 7 nitrogen and oxygen atoms in total. The van der Waals surface area contributed by atoms with Crippen molar-refractivity contribution in [3.05, 3.63) is 29.3 Å². The van der Waals surface area contributed by atoms with E-state index in [1.807, 2.05) is 4.90 Å². The van der Waals surface area contributed by atoms with E-state index in [-0.39, 0.29) is 11.9 Å². The van der Waals surface area contributed by atoms with Gasteiger partial charge in [-0.25, -0.2) is 0 Å². The molecule has 0 radical (unpaired) electrons. The van der Waals surface area contributed by atoms with E-state index >= 15 is 0 Å². The maximum Gasteiger partial charge on any atom is 0.256 e. The number of hydrogen-bond donors (Lipinski definition) is 2. The SMILES string of the molecule is CC(C)N1CCN(C(=O)c2cccc(C(N)=O)c2NC2CCOCC2)CC1. The number of rotatable bonds is 5. The fourth-order valence-corrected chi connectivity index (χ4v) is 3.75. The number of piperazine rings is 1. The van der Waals surface area contributed by atoms with Gasteiger partial charge < -0.3 is 20.7 Å². The highest BCUT2D eigenvalue weighted by atomic mass is 16.5. The van der Waals surface area contributed by atoms with Crippen molar-refractivity contribution in [2.75, 3.05) is 44.7 Å². The standard InChI is InChI=1S/C20H30N4O3/c1-14(2)23-8-10-24(11-9-23)20(26)17-5-3-4-16(19(21)25)18(17)22-15-6-12-27-13-7-15/h3-5,14-15,22H,6-13H2,1-2H3,(H2,21,25). The molecule has 2 aliphatic heterocycles. The Balaban J connectivity index is 1.82. The van der Waals surface area contributed by atoms with Crippen LogP contribution in [0.1, 0.15) is 47.4 Å². The Morgan fingerprint density at radius 1 is 1.11 bits per heavy atom. The van der Waals surface area contributed by atoms with E-state index in [0.717, 1.165) is 25.9 Å².